The number of hydrogen-bond donors (Lipinski definition) is 2. The first kappa shape index (κ1) is 13.2. The fraction of sp³-hybridized carbons (Fsp3) is 0.278. The monoisotopic (exact) mass is 295 g/mol. The maximum absolute atomic E-state index is 9.70. The van der Waals surface area contributed by atoms with Crippen LogP contribution in [0.4, 0.5) is 0 Å². The van der Waals surface area contributed by atoms with Gasteiger partial charge in [0.05, 0.1) is 12.8 Å². The summed E-state index contributed by atoms with van der Waals surface area (Å²) >= 11 is 0. The van der Waals surface area contributed by atoms with Gasteiger partial charge in [-0.25, -0.2) is 0 Å². The predicted molar refractivity (Wildman–Crippen MR) is 83.0 cm³/mol. The number of oxime groups is 1. The highest BCUT2D eigenvalue weighted by molar-refractivity contribution is 6.09. The van der Waals surface area contributed by atoms with Gasteiger partial charge < -0.3 is 15.1 Å². The molecule has 2 aliphatic carbocycles. The molecule has 1 unspecified atom stereocenters. The van der Waals surface area contributed by atoms with Crippen molar-refractivity contribution in [2.45, 2.75) is 19.3 Å². The molecule has 0 radical (unpaired) electrons. The van der Waals surface area contributed by atoms with E-state index in [1.165, 1.54) is 5.56 Å². The minimum absolute atomic E-state index is 0.209. The van der Waals surface area contributed by atoms with Crippen LogP contribution in [0.25, 0.3) is 0 Å². The van der Waals surface area contributed by atoms with E-state index in [-0.39, 0.29) is 11.2 Å². The van der Waals surface area contributed by atoms with Crippen LogP contribution in [0.1, 0.15) is 22.3 Å². The molecule has 1 spiro atoms. The minimum atomic E-state index is -0.209. The SMILES string of the molecule is COc1ccc2c(c1)CC1(Cc3ccc(O)cc3C1)C2=NO. The molecule has 0 saturated heterocycles. The number of phenolic OH excluding ortho intramolecular Hbond substituents is 1. The maximum Gasteiger partial charge on any atom is 0.119 e. The van der Waals surface area contributed by atoms with Gasteiger partial charge in [-0.05, 0) is 66.3 Å². The average molecular weight is 295 g/mol. The summed E-state index contributed by atoms with van der Waals surface area (Å²) in [6.45, 7) is 0. The van der Waals surface area contributed by atoms with E-state index >= 15 is 0 Å². The Labute approximate surface area is 128 Å². The number of benzene rings is 2. The number of phenols is 1. The normalized spacial score (nSPS) is 23.8. The summed E-state index contributed by atoms with van der Waals surface area (Å²) in [6, 6.07) is 11.4. The van der Waals surface area contributed by atoms with E-state index in [1.54, 1.807) is 13.2 Å². The lowest BCUT2D eigenvalue weighted by atomic mass is 9.80. The molecule has 4 nitrogen and oxygen atoms in total. The first-order chi connectivity index (χ1) is 10.6. The molecule has 112 valence electrons. The second-order valence-electron chi connectivity index (χ2n) is 6.24. The lowest BCUT2D eigenvalue weighted by Gasteiger charge is -2.22. The lowest BCUT2D eigenvalue weighted by Crippen LogP contribution is -2.29. The smallest absolute Gasteiger partial charge is 0.119 e. The number of methoxy groups -OCH3 is 1. The molecule has 4 heteroatoms. The third-order valence-electron chi connectivity index (χ3n) is 4.95. The Hall–Kier alpha value is -2.49. The molecular formula is C18H17NO3. The van der Waals surface area contributed by atoms with Gasteiger partial charge in [-0.15, -0.1) is 0 Å². The molecule has 2 N–H and O–H groups in total. The third kappa shape index (κ3) is 1.73. The largest absolute Gasteiger partial charge is 0.508 e. The molecule has 0 heterocycles. The Morgan fingerprint density at radius 1 is 1.00 bits per heavy atom. The van der Waals surface area contributed by atoms with E-state index in [0.29, 0.717) is 0 Å². The topological polar surface area (TPSA) is 62.0 Å². The molecule has 2 aliphatic rings. The molecule has 2 aromatic carbocycles. The maximum atomic E-state index is 9.70. The van der Waals surface area contributed by atoms with Gasteiger partial charge in [0, 0.05) is 11.0 Å². The number of fused-ring (bicyclic) bond motifs is 2. The molecule has 22 heavy (non-hydrogen) atoms. The fourth-order valence-corrected chi connectivity index (χ4v) is 4.00. The number of rotatable bonds is 1. The second-order valence-corrected chi connectivity index (χ2v) is 6.24. The Kier molecular flexibility index (Phi) is 2.70. The Bertz CT molecular complexity index is 797. The molecule has 0 aliphatic heterocycles. The molecule has 4 rings (SSSR count). The van der Waals surface area contributed by atoms with Crippen LogP contribution in [-0.4, -0.2) is 23.1 Å². The number of ether oxygens (including phenoxy) is 1. The van der Waals surface area contributed by atoms with E-state index in [9.17, 15) is 10.3 Å². The molecule has 0 bridgehead atoms. The molecule has 0 saturated carbocycles. The number of hydrogen-bond acceptors (Lipinski definition) is 4. The quantitative estimate of drug-likeness (QED) is 0.628. The highest BCUT2D eigenvalue weighted by Gasteiger charge is 2.48. The number of aromatic hydroxyl groups is 1. The van der Waals surface area contributed by atoms with Gasteiger partial charge in [-0.3, -0.25) is 0 Å². The molecule has 0 aromatic heterocycles. The van der Waals surface area contributed by atoms with Crippen molar-refractivity contribution < 1.29 is 15.1 Å². The average Bonchev–Trinajstić information content (AvgIpc) is 3.01. The molecular weight excluding hydrogens is 278 g/mol. The first-order valence-electron chi connectivity index (χ1n) is 7.36. The lowest BCUT2D eigenvalue weighted by molar-refractivity contribution is 0.307. The summed E-state index contributed by atoms with van der Waals surface area (Å²) in [6.07, 6.45) is 2.44. The second kappa shape index (κ2) is 4.50. The van der Waals surface area contributed by atoms with Crippen LogP contribution in [0.2, 0.25) is 0 Å². The highest BCUT2D eigenvalue weighted by atomic mass is 16.5. The van der Waals surface area contributed by atoms with Crippen molar-refractivity contribution in [1.29, 1.82) is 0 Å². The van der Waals surface area contributed by atoms with E-state index in [4.69, 9.17) is 4.74 Å². The summed E-state index contributed by atoms with van der Waals surface area (Å²) in [5.74, 6) is 1.11. The van der Waals surface area contributed by atoms with Crippen LogP contribution in [0.3, 0.4) is 0 Å². The van der Waals surface area contributed by atoms with Crippen molar-refractivity contribution in [2.75, 3.05) is 7.11 Å². The van der Waals surface area contributed by atoms with E-state index < -0.39 is 0 Å². The summed E-state index contributed by atoms with van der Waals surface area (Å²) in [5.41, 5.74) is 5.06. The standard InChI is InChI=1S/C18H17NO3/c1-22-15-4-5-16-13(7-15)10-18(17(16)19-21)8-11-2-3-14(20)6-12(11)9-18/h2-7,20-21H,8-10H2,1H3. The van der Waals surface area contributed by atoms with Gasteiger partial charge in [0.25, 0.3) is 0 Å². The Morgan fingerprint density at radius 2 is 1.77 bits per heavy atom. The first-order valence-corrected chi connectivity index (χ1v) is 7.36. The van der Waals surface area contributed by atoms with Gasteiger partial charge >= 0.3 is 0 Å². The summed E-state index contributed by atoms with van der Waals surface area (Å²) < 4.78 is 5.30. The minimum Gasteiger partial charge on any atom is -0.508 e. The van der Waals surface area contributed by atoms with Crippen molar-refractivity contribution in [3.8, 4) is 11.5 Å². The van der Waals surface area contributed by atoms with Crippen LogP contribution in [0, 0.1) is 5.41 Å². The summed E-state index contributed by atoms with van der Waals surface area (Å²) in [7, 11) is 1.65. The van der Waals surface area contributed by atoms with Crippen LogP contribution in [0.15, 0.2) is 41.6 Å². The van der Waals surface area contributed by atoms with Gasteiger partial charge in [-0.2, -0.15) is 0 Å². The van der Waals surface area contributed by atoms with Crippen molar-refractivity contribution in [3.05, 3.63) is 58.7 Å². The van der Waals surface area contributed by atoms with Gasteiger partial charge in [-0.1, -0.05) is 11.2 Å². The zero-order chi connectivity index (χ0) is 15.3. The molecule has 0 fully saturated rings. The van der Waals surface area contributed by atoms with Gasteiger partial charge in [0.1, 0.15) is 11.5 Å². The van der Waals surface area contributed by atoms with E-state index in [0.717, 1.165) is 47.4 Å². The zero-order valence-corrected chi connectivity index (χ0v) is 12.3. The van der Waals surface area contributed by atoms with E-state index in [1.807, 2.05) is 30.3 Å². The van der Waals surface area contributed by atoms with E-state index in [2.05, 4.69) is 5.16 Å². The third-order valence-corrected chi connectivity index (χ3v) is 4.95. The number of nitrogens with zero attached hydrogens (tertiary/aromatic N) is 1. The van der Waals surface area contributed by atoms with Crippen molar-refractivity contribution in [2.24, 2.45) is 10.6 Å². The Morgan fingerprint density at radius 3 is 2.55 bits per heavy atom. The van der Waals surface area contributed by atoms with Crippen molar-refractivity contribution in [3.63, 3.8) is 0 Å². The molecule has 1 atom stereocenters. The van der Waals surface area contributed by atoms with Crippen molar-refractivity contribution >= 4 is 5.71 Å². The fourth-order valence-electron chi connectivity index (χ4n) is 4.00. The van der Waals surface area contributed by atoms with Gasteiger partial charge in [0.15, 0.2) is 0 Å². The zero-order valence-electron chi connectivity index (χ0n) is 12.3. The summed E-state index contributed by atoms with van der Waals surface area (Å²) in [5, 5.41) is 22.9. The molecule has 2 aromatic rings. The predicted octanol–water partition coefficient (Wildman–Crippen LogP) is 2.92. The molecule has 0 amide bonds. The van der Waals surface area contributed by atoms with Gasteiger partial charge in [0.2, 0.25) is 0 Å². The Balaban J connectivity index is 1.79. The van der Waals surface area contributed by atoms with Crippen molar-refractivity contribution in [1.82, 2.24) is 0 Å². The van der Waals surface area contributed by atoms with Crippen LogP contribution in [0.5, 0.6) is 11.5 Å². The summed E-state index contributed by atoms with van der Waals surface area (Å²) in [4.78, 5) is 0. The van der Waals surface area contributed by atoms with Crippen LogP contribution in [-0.2, 0) is 19.3 Å². The van der Waals surface area contributed by atoms with Crippen LogP contribution >= 0.6 is 0 Å². The highest BCUT2D eigenvalue weighted by Crippen LogP contribution is 2.48. The van der Waals surface area contributed by atoms with Crippen LogP contribution < -0.4 is 4.74 Å².